The van der Waals surface area contributed by atoms with E-state index in [1.807, 2.05) is 36.4 Å². The molecule has 0 bridgehead atoms. The first-order chi connectivity index (χ1) is 12.5. The van der Waals surface area contributed by atoms with Crippen LogP contribution in [0.2, 0.25) is 0 Å². The molecule has 1 unspecified atom stereocenters. The third kappa shape index (κ3) is 5.44. The Hall–Kier alpha value is -1.61. The van der Waals surface area contributed by atoms with Crippen LogP contribution in [0.15, 0.2) is 41.8 Å². The first kappa shape index (κ1) is 21.7. The molecule has 1 atom stereocenters. The summed E-state index contributed by atoms with van der Waals surface area (Å²) in [5.74, 6) is -0.469. The highest BCUT2D eigenvalue weighted by atomic mass is 35.5. The smallest absolute Gasteiger partial charge is 0.349 e. The molecule has 0 saturated carbocycles. The van der Waals surface area contributed by atoms with Crippen molar-refractivity contribution in [3.63, 3.8) is 0 Å². The minimum Gasteiger partial charge on any atom is -0.349 e. The number of hydrogen-bond donors (Lipinski definition) is 2. The van der Waals surface area contributed by atoms with Crippen LogP contribution >= 0.6 is 23.7 Å². The van der Waals surface area contributed by atoms with Gasteiger partial charge in [-0.25, -0.2) is 0 Å². The molecule has 1 aliphatic heterocycles. The van der Waals surface area contributed by atoms with Gasteiger partial charge in [0, 0.05) is 38.3 Å². The predicted octanol–water partition coefficient (Wildman–Crippen LogP) is 3.40. The maximum Gasteiger partial charge on any atom is 0.405 e. The molecule has 2 aromatic rings. The minimum absolute atomic E-state index is 0. The van der Waals surface area contributed by atoms with Crippen LogP contribution in [-0.4, -0.2) is 55.7 Å². The number of carbonyl (C=O) groups excluding carboxylic acids is 1. The SMILES string of the molecule is Cl.O=C(NCC(N1CCNCC1)C(F)(F)F)c1sccc1-c1ccccc1. The van der Waals surface area contributed by atoms with Crippen LogP contribution in [0, 0.1) is 0 Å². The number of halogens is 4. The number of piperazine rings is 1. The van der Waals surface area contributed by atoms with E-state index in [4.69, 9.17) is 0 Å². The fourth-order valence-corrected chi connectivity index (χ4v) is 3.88. The van der Waals surface area contributed by atoms with Gasteiger partial charge in [0.25, 0.3) is 5.91 Å². The molecule has 0 radical (unpaired) electrons. The number of benzene rings is 1. The number of rotatable bonds is 5. The van der Waals surface area contributed by atoms with Gasteiger partial charge in [-0.05, 0) is 17.0 Å². The lowest BCUT2D eigenvalue weighted by Crippen LogP contribution is -2.57. The largest absolute Gasteiger partial charge is 0.405 e. The van der Waals surface area contributed by atoms with Crippen molar-refractivity contribution < 1.29 is 18.0 Å². The Morgan fingerprint density at radius 2 is 1.85 bits per heavy atom. The Bertz CT molecular complexity index is 733. The zero-order valence-electron chi connectivity index (χ0n) is 14.5. The highest BCUT2D eigenvalue weighted by Crippen LogP contribution is 2.29. The zero-order valence-corrected chi connectivity index (χ0v) is 16.1. The predicted molar refractivity (Wildman–Crippen MR) is 104 cm³/mol. The average molecular weight is 420 g/mol. The lowest BCUT2D eigenvalue weighted by atomic mass is 10.1. The second kappa shape index (κ2) is 9.54. The van der Waals surface area contributed by atoms with Crippen LogP contribution < -0.4 is 10.6 Å². The average Bonchev–Trinajstić information content (AvgIpc) is 3.12. The Balaban J connectivity index is 0.00000261. The highest BCUT2D eigenvalue weighted by molar-refractivity contribution is 7.12. The summed E-state index contributed by atoms with van der Waals surface area (Å²) in [6, 6.07) is 9.48. The van der Waals surface area contributed by atoms with Gasteiger partial charge < -0.3 is 10.6 Å². The molecule has 2 heterocycles. The molecule has 9 heteroatoms. The summed E-state index contributed by atoms with van der Waals surface area (Å²) in [5.41, 5.74) is 1.60. The van der Waals surface area contributed by atoms with E-state index in [1.54, 1.807) is 5.38 Å². The van der Waals surface area contributed by atoms with E-state index in [2.05, 4.69) is 10.6 Å². The van der Waals surface area contributed by atoms with Crippen molar-refractivity contribution in [2.24, 2.45) is 0 Å². The van der Waals surface area contributed by atoms with Gasteiger partial charge in [-0.15, -0.1) is 23.7 Å². The van der Waals surface area contributed by atoms with Gasteiger partial charge in [-0.2, -0.15) is 13.2 Å². The maximum atomic E-state index is 13.4. The quantitative estimate of drug-likeness (QED) is 0.780. The Kier molecular flexibility index (Phi) is 7.67. The van der Waals surface area contributed by atoms with Gasteiger partial charge in [0.2, 0.25) is 0 Å². The maximum absolute atomic E-state index is 13.4. The van der Waals surface area contributed by atoms with Crippen molar-refractivity contribution in [1.29, 1.82) is 0 Å². The van der Waals surface area contributed by atoms with Crippen LogP contribution in [-0.2, 0) is 0 Å². The topological polar surface area (TPSA) is 44.4 Å². The van der Waals surface area contributed by atoms with Gasteiger partial charge in [0.1, 0.15) is 6.04 Å². The summed E-state index contributed by atoms with van der Waals surface area (Å²) in [4.78, 5) is 14.3. The van der Waals surface area contributed by atoms with E-state index in [0.29, 0.717) is 31.1 Å². The minimum atomic E-state index is -4.39. The molecular weight excluding hydrogens is 399 g/mol. The van der Waals surface area contributed by atoms with Crippen LogP contribution in [0.1, 0.15) is 9.67 Å². The van der Waals surface area contributed by atoms with E-state index >= 15 is 0 Å². The van der Waals surface area contributed by atoms with Crippen LogP contribution in [0.5, 0.6) is 0 Å². The van der Waals surface area contributed by atoms with Crippen LogP contribution in [0.3, 0.4) is 0 Å². The standard InChI is InChI=1S/C18H20F3N3OS.ClH/c19-18(20,21)15(24-9-7-22-8-10-24)12-23-17(25)16-14(6-11-26-16)13-4-2-1-3-5-13;/h1-6,11,15,22H,7-10,12H2,(H,23,25);1H. The summed E-state index contributed by atoms with van der Waals surface area (Å²) in [7, 11) is 0. The monoisotopic (exact) mass is 419 g/mol. The first-order valence-electron chi connectivity index (χ1n) is 8.39. The molecule has 1 fully saturated rings. The van der Waals surface area contributed by atoms with E-state index in [1.165, 1.54) is 16.2 Å². The van der Waals surface area contributed by atoms with Crippen LogP contribution in [0.25, 0.3) is 11.1 Å². The van der Waals surface area contributed by atoms with Gasteiger partial charge in [-0.1, -0.05) is 30.3 Å². The highest BCUT2D eigenvalue weighted by Gasteiger charge is 2.43. The molecule has 2 N–H and O–H groups in total. The summed E-state index contributed by atoms with van der Waals surface area (Å²) in [6.45, 7) is 1.21. The van der Waals surface area contributed by atoms with Crippen molar-refractivity contribution >= 4 is 29.7 Å². The van der Waals surface area contributed by atoms with Crippen molar-refractivity contribution in [2.75, 3.05) is 32.7 Å². The second-order valence-corrected chi connectivity index (χ2v) is 7.00. The Morgan fingerprint density at radius 1 is 1.19 bits per heavy atom. The zero-order chi connectivity index (χ0) is 18.6. The Morgan fingerprint density at radius 3 is 2.48 bits per heavy atom. The summed E-state index contributed by atoms with van der Waals surface area (Å²) < 4.78 is 40.3. The fourth-order valence-electron chi connectivity index (χ4n) is 3.05. The van der Waals surface area contributed by atoms with Crippen molar-refractivity contribution in [2.45, 2.75) is 12.2 Å². The number of thiophene rings is 1. The van der Waals surface area contributed by atoms with Crippen LogP contribution in [0.4, 0.5) is 13.2 Å². The molecule has 27 heavy (non-hydrogen) atoms. The molecule has 1 aliphatic rings. The normalized spacial score (nSPS) is 16.4. The number of alkyl halides is 3. The van der Waals surface area contributed by atoms with Gasteiger partial charge >= 0.3 is 6.18 Å². The number of nitrogens with one attached hydrogen (secondary N) is 2. The molecule has 1 saturated heterocycles. The number of carbonyl (C=O) groups is 1. The molecule has 1 amide bonds. The molecule has 3 rings (SSSR count). The molecular formula is C18H21ClF3N3OS. The fraction of sp³-hybridized carbons (Fsp3) is 0.389. The molecule has 148 valence electrons. The van der Waals surface area contributed by atoms with E-state index in [9.17, 15) is 18.0 Å². The summed E-state index contributed by atoms with van der Waals surface area (Å²) in [5, 5.41) is 7.30. The summed E-state index contributed by atoms with van der Waals surface area (Å²) >= 11 is 1.23. The summed E-state index contributed by atoms with van der Waals surface area (Å²) in [6.07, 6.45) is -4.39. The Labute approximate surface area is 166 Å². The number of nitrogens with zero attached hydrogens (tertiary/aromatic N) is 1. The van der Waals surface area contributed by atoms with Gasteiger partial charge in [0.05, 0.1) is 4.88 Å². The van der Waals surface area contributed by atoms with Crippen molar-refractivity contribution in [1.82, 2.24) is 15.5 Å². The van der Waals surface area contributed by atoms with E-state index < -0.39 is 24.7 Å². The molecule has 4 nitrogen and oxygen atoms in total. The lowest BCUT2D eigenvalue weighted by molar-refractivity contribution is -0.183. The van der Waals surface area contributed by atoms with Gasteiger partial charge in [-0.3, -0.25) is 9.69 Å². The van der Waals surface area contributed by atoms with E-state index in [0.717, 1.165) is 11.1 Å². The number of amides is 1. The molecule has 1 aromatic carbocycles. The second-order valence-electron chi connectivity index (χ2n) is 6.08. The van der Waals surface area contributed by atoms with Crippen molar-refractivity contribution in [3.8, 4) is 11.1 Å². The van der Waals surface area contributed by atoms with Gasteiger partial charge in [0.15, 0.2) is 0 Å². The van der Waals surface area contributed by atoms with E-state index in [-0.39, 0.29) is 12.4 Å². The molecule has 0 spiro atoms. The lowest BCUT2D eigenvalue weighted by Gasteiger charge is -2.35. The molecule has 0 aliphatic carbocycles. The van der Waals surface area contributed by atoms with Crippen molar-refractivity contribution in [3.05, 3.63) is 46.7 Å². The number of hydrogen-bond acceptors (Lipinski definition) is 4. The first-order valence-corrected chi connectivity index (χ1v) is 9.27. The molecule has 1 aromatic heterocycles. The third-order valence-electron chi connectivity index (χ3n) is 4.38. The third-order valence-corrected chi connectivity index (χ3v) is 5.30.